The Bertz CT molecular complexity index is 1230. The van der Waals surface area contributed by atoms with E-state index in [0.717, 1.165) is 12.8 Å². The Morgan fingerprint density at radius 1 is 0.444 bits per heavy atom. The van der Waals surface area contributed by atoms with Gasteiger partial charge in [0.1, 0.15) is 5.75 Å². The van der Waals surface area contributed by atoms with Crippen molar-refractivity contribution in [2.24, 2.45) is 0 Å². The van der Waals surface area contributed by atoms with Gasteiger partial charge < -0.3 is 5.11 Å². The number of phenols is 1. The lowest BCUT2D eigenvalue weighted by Crippen LogP contribution is -2.20. The Kier molecular flexibility index (Phi) is 9.09. The van der Waals surface area contributed by atoms with Crippen LogP contribution in [0.1, 0.15) is 25.0 Å². The molecule has 5 aromatic rings. The van der Waals surface area contributed by atoms with Gasteiger partial charge in [0.05, 0.1) is 0 Å². The van der Waals surface area contributed by atoms with Gasteiger partial charge in [0.15, 0.2) is 0 Å². The average Bonchev–Trinajstić information content (AvgIpc) is 2.96. The van der Waals surface area contributed by atoms with Crippen molar-refractivity contribution in [1.29, 1.82) is 0 Å². The number of benzene rings is 5. The zero-order valence-corrected chi connectivity index (χ0v) is 21.9. The molecule has 36 heavy (non-hydrogen) atoms. The largest absolute Gasteiger partial charge is 0.508 e. The van der Waals surface area contributed by atoms with E-state index in [1.165, 1.54) is 38.2 Å². The van der Waals surface area contributed by atoms with E-state index in [-0.39, 0.29) is 0 Å². The summed E-state index contributed by atoms with van der Waals surface area (Å²) >= 11 is 0. The molecule has 0 bridgehead atoms. The van der Waals surface area contributed by atoms with Crippen LogP contribution in [-0.2, 0) is 12.8 Å². The molecule has 0 heterocycles. The highest BCUT2D eigenvalue weighted by Gasteiger charge is 2.16. The molecule has 0 unspecified atom stereocenters. The van der Waals surface area contributed by atoms with E-state index in [4.69, 9.17) is 0 Å². The van der Waals surface area contributed by atoms with Crippen LogP contribution >= 0.6 is 7.92 Å². The lowest BCUT2D eigenvalue weighted by atomic mass is 10.1. The molecule has 180 valence electrons. The molecule has 0 amide bonds. The van der Waals surface area contributed by atoms with E-state index >= 15 is 0 Å². The minimum absolute atomic E-state index is 0.316. The van der Waals surface area contributed by atoms with Gasteiger partial charge in [-0.1, -0.05) is 135 Å². The summed E-state index contributed by atoms with van der Waals surface area (Å²) < 4.78 is 0. The van der Waals surface area contributed by atoms with Crippen LogP contribution in [0, 0.1) is 0 Å². The Morgan fingerprint density at radius 3 is 1.11 bits per heavy atom. The maximum Gasteiger partial charge on any atom is 0.115 e. The van der Waals surface area contributed by atoms with Crippen molar-refractivity contribution in [3.05, 3.63) is 145 Å². The molecule has 5 rings (SSSR count). The monoisotopic (exact) mass is 488 g/mol. The first-order chi connectivity index (χ1) is 17.7. The van der Waals surface area contributed by atoms with Gasteiger partial charge in [0.25, 0.3) is 0 Å². The standard InChI is InChI=1S/C22H23OP.C12H10/c1-3-17-5-11-20(12-6-17)24(22-15-9-19(23)10-16-22)21-13-7-18(4-2)8-14-21;1-3-7-11(8-4-1)12-9-5-2-6-10-12/h5-16,23H,3-4H2,1-2H3;1-10H. The Hall–Kier alpha value is -3.67. The third-order valence-electron chi connectivity index (χ3n) is 6.19. The fraction of sp³-hybridized carbons (Fsp3) is 0.118. The molecule has 5 aromatic carbocycles. The van der Waals surface area contributed by atoms with Crippen molar-refractivity contribution >= 4 is 23.8 Å². The fourth-order valence-corrected chi connectivity index (χ4v) is 6.31. The van der Waals surface area contributed by atoms with Crippen LogP contribution < -0.4 is 15.9 Å². The Labute approximate surface area is 216 Å². The van der Waals surface area contributed by atoms with Gasteiger partial charge in [-0.05, 0) is 71.1 Å². The highest BCUT2D eigenvalue weighted by molar-refractivity contribution is 7.79. The zero-order chi connectivity index (χ0) is 25.2. The highest BCUT2D eigenvalue weighted by Crippen LogP contribution is 2.33. The number of aryl methyl sites for hydroxylation is 2. The van der Waals surface area contributed by atoms with Gasteiger partial charge >= 0.3 is 0 Å². The molecule has 0 saturated carbocycles. The average molecular weight is 489 g/mol. The van der Waals surface area contributed by atoms with Crippen LogP contribution in [0.25, 0.3) is 11.1 Å². The summed E-state index contributed by atoms with van der Waals surface area (Å²) in [6, 6.07) is 46.4. The quantitative estimate of drug-likeness (QED) is 0.244. The SMILES string of the molecule is CCc1ccc(P(c2ccc(O)cc2)c2ccc(CC)cc2)cc1.c1ccc(-c2ccccc2)cc1. The van der Waals surface area contributed by atoms with E-state index in [2.05, 4.69) is 111 Å². The lowest BCUT2D eigenvalue weighted by molar-refractivity contribution is 0.475. The van der Waals surface area contributed by atoms with Crippen molar-refractivity contribution < 1.29 is 5.11 Å². The maximum absolute atomic E-state index is 9.62. The summed E-state index contributed by atoms with van der Waals surface area (Å²) in [7, 11) is -0.604. The molecule has 0 aliphatic heterocycles. The van der Waals surface area contributed by atoms with Gasteiger partial charge in [0, 0.05) is 0 Å². The van der Waals surface area contributed by atoms with Crippen LogP contribution in [0.5, 0.6) is 5.75 Å². The molecule has 0 aliphatic carbocycles. The van der Waals surface area contributed by atoms with E-state index in [0.29, 0.717) is 5.75 Å². The normalized spacial score (nSPS) is 10.5. The molecule has 1 nitrogen and oxygen atoms in total. The summed E-state index contributed by atoms with van der Waals surface area (Å²) in [4.78, 5) is 0. The number of hydrogen-bond donors (Lipinski definition) is 1. The lowest BCUT2D eigenvalue weighted by Gasteiger charge is -2.20. The van der Waals surface area contributed by atoms with Crippen molar-refractivity contribution in [2.75, 3.05) is 0 Å². The van der Waals surface area contributed by atoms with E-state index in [1.807, 2.05) is 24.3 Å². The first-order valence-electron chi connectivity index (χ1n) is 12.6. The van der Waals surface area contributed by atoms with Crippen molar-refractivity contribution in [3.63, 3.8) is 0 Å². The molecule has 1 N–H and O–H groups in total. The second-order valence-corrected chi connectivity index (χ2v) is 10.8. The maximum atomic E-state index is 9.62. The second-order valence-electron chi connectivity index (χ2n) is 8.62. The molecule has 0 aromatic heterocycles. The van der Waals surface area contributed by atoms with Crippen LogP contribution in [0.15, 0.2) is 133 Å². The Morgan fingerprint density at radius 2 is 0.778 bits per heavy atom. The van der Waals surface area contributed by atoms with E-state index in [9.17, 15) is 5.11 Å². The summed E-state index contributed by atoms with van der Waals surface area (Å²) in [6.45, 7) is 4.36. The first kappa shape index (κ1) is 25.4. The summed E-state index contributed by atoms with van der Waals surface area (Å²) in [6.07, 6.45) is 2.12. The third-order valence-corrected chi connectivity index (χ3v) is 8.64. The van der Waals surface area contributed by atoms with E-state index in [1.54, 1.807) is 12.1 Å². The third kappa shape index (κ3) is 6.72. The smallest absolute Gasteiger partial charge is 0.115 e. The fourth-order valence-electron chi connectivity index (χ4n) is 4.07. The number of phenolic OH excluding ortho intramolecular Hbond substituents is 1. The van der Waals surface area contributed by atoms with Crippen LogP contribution in [0.2, 0.25) is 0 Å². The second kappa shape index (κ2) is 12.9. The molecule has 0 atom stereocenters. The molecule has 0 spiro atoms. The highest BCUT2D eigenvalue weighted by atomic mass is 31.1. The van der Waals surface area contributed by atoms with Crippen molar-refractivity contribution in [1.82, 2.24) is 0 Å². The minimum atomic E-state index is -0.604. The van der Waals surface area contributed by atoms with Gasteiger partial charge in [-0.2, -0.15) is 0 Å². The van der Waals surface area contributed by atoms with Gasteiger partial charge in [0.2, 0.25) is 0 Å². The molecule has 0 radical (unpaired) electrons. The predicted molar refractivity (Wildman–Crippen MR) is 157 cm³/mol. The van der Waals surface area contributed by atoms with Gasteiger partial charge in [-0.15, -0.1) is 0 Å². The van der Waals surface area contributed by atoms with Gasteiger partial charge in [-0.3, -0.25) is 0 Å². The molecule has 0 fully saturated rings. The molecular formula is C34H33OP. The molecule has 0 aliphatic rings. The topological polar surface area (TPSA) is 20.2 Å². The van der Waals surface area contributed by atoms with Crippen molar-refractivity contribution in [3.8, 4) is 16.9 Å². The number of rotatable bonds is 6. The molecule has 2 heteroatoms. The first-order valence-corrected chi connectivity index (χ1v) is 13.9. The van der Waals surface area contributed by atoms with Crippen LogP contribution in [-0.4, -0.2) is 5.11 Å². The molecular weight excluding hydrogens is 455 g/mol. The summed E-state index contributed by atoms with van der Waals surface area (Å²) in [5.41, 5.74) is 5.28. The zero-order valence-electron chi connectivity index (χ0n) is 21.0. The van der Waals surface area contributed by atoms with Gasteiger partial charge in [-0.25, -0.2) is 0 Å². The predicted octanol–water partition coefficient (Wildman–Crippen LogP) is 7.63. The Balaban J connectivity index is 0.000000211. The minimum Gasteiger partial charge on any atom is -0.508 e. The van der Waals surface area contributed by atoms with Crippen molar-refractivity contribution in [2.45, 2.75) is 26.7 Å². The van der Waals surface area contributed by atoms with Crippen LogP contribution in [0.3, 0.4) is 0 Å². The summed E-state index contributed by atoms with van der Waals surface area (Å²) in [5.74, 6) is 0.316. The number of aromatic hydroxyl groups is 1. The number of hydrogen-bond acceptors (Lipinski definition) is 1. The molecule has 0 saturated heterocycles. The summed E-state index contributed by atoms with van der Waals surface area (Å²) in [5, 5.41) is 13.6. The van der Waals surface area contributed by atoms with E-state index < -0.39 is 7.92 Å². The van der Waals surface area contributed by atoms with Crippen LogP contribution in [0.4, 0.5) is 0 Å².